The highest BCUT2D eigenvalue weighted by molar-refractivity contribution is 7.99. The molecule has 0 atom stereocenters. The molecule has 4 rings (SSSR count). The molecular weight excluding hydrogens is 433 g/mol. The fourth-order valence-electron chi connectivity index (χ4n) is 3.07. The second-order valence-corrected chi connectivity index (χ2v) is 7.77. The third kappa shape index (κ3) is 4.40. The number of benzene rings is 2. The van der Waals surface area contributed by atoms with E-state index in [1.54, 1.807) is 60.3 Å². The summed E-state index contributed by atoms with van der Waals surface area (Å²) in [6.45, 7) is 1.62. The van der Waals surface area contributed by atoms with Gasteiger partial charge in [-0.3, -0.25) is 24.5 Å². The Bertz CT molecular complexity index is 1290. The summed E-state index contributed by atoms with van der Waals surface area (Å²) in [6, 6.07) is 13.8. The Labute approximate surface area is 186 Å². The topological polar surface area (TPSA) is 104 Å². The Hall–Kier alpha value is -3.92. The van der Waals surface area contributed by atoms with Crippen LogP contribution >= 0.6 is 11.8 Å². The number of carbonyl (C=O) groups is 1. The maximum absolute atomic E-state index is 13.5. The number of hydrogen-bond donors (Lipinski definition) is 0. The monoisotopic (exact) mass is 449 g/mol. The molecule has 10 heteroatoms. The van der Waals surface area contributed by atoms with Crippen LogP contribution < -0.4 is 0 Å². The van der Waals surface area contributed by atoms with Crippen molar-refractivity contribution in [3.05, 3.63) is 94.0 Å². The molecule has 32 heavy (non-hydrogen) atoms. The van der Waals surface area contributed by atoms with Crippen molar-refractivity contribution < 1.29 is 14.1 Å². The smallest absolute Gasteiger partial charge is 0.273 e. The number of nitro benzene ring substituents is 1. The summed E-state index contributed by atoms with van der Waals surface area (Å²) in [6.07, 6.45) is 3.25. The molecule has 4 aromatic rings. The quantitative estimate of drug-likeness (QED) is 0.175. The third-order valence-electron chi connectivity index (χ3n) is 4.72. The molecule has 0 radical (unpaired) electrons. The van der Waals surface area contributed by atoms with Gasteiger partial charge in [-0.2, -0.15) is 0 Å². The minimum atomic E-state index is -0.509. The molecule has 8 nitrogen and oxygen atoms in total. The van der Waals surface area contributed by atoms with Crippen molar-refractivity contribution in [2.45, 2.75) is 12.1 Å². The molecule has 2 aromatic heterocycles. The van der Waals surface area contributed by atoms with Crippen molar-refractivity contribution in [3.63, 3.8) is 0 Å². The molecule has 0 saturated heterocycles. The van der Waals surface area contributed by atoms with E-state index in [0.29, 0.717) is 22.2 Å². The van der Waals surface area contributed by atoms with Crippen LogP contribution in [0.25, 0.3) is 17.1 Å². The van der Waals surface area contributed by atoms with E-state index >= 15 is 0 Å². The number of halogens is 1. The number of ketones is 1. The van der Waals surface area contributed by atoms with E-state index in [1.165, 1.54) is 18.2 Å². The van der Waals surface area contributed by atoms with Gasteiger partial charge in [0.05, 0.1) is 10.7 Å². The second kappa shape index (κ2) is 9.06. The molecule has 0 spiro atoms. The molecular formula is C22H16FN5O3S. The highest BCUT2D eigenvalue weighted by Crippen LogP contribution is 2.29. The maximum atomic E-state index is 13.5. The normalized spacial score (nSPS) is 10.8. The molecule has 160 valence electrons. The SMILES string of the molecule is Cc1ccc(C(=O)CSc2nnc(-c3ccncc3)n2-c2ccc(F)cc2)cc1[N+](=O)[O-]. The Morgan fingerprint density at radius 3 is 2.50 bits per heavy atom. The Morgan fingerprint density at radius 1 is 1.09 bits per heavy atom. The van der Waals surface area contributed by atoms with Crippen LogP contribution in [0.1, 0.15) is 15.9 Å². The van der Waals surface area contributed by atoms with E-state index in [9.17, 15) is 19.3 Å². The van der Waals surface area contributed by atoms with Gasteiger partial charge in [0.1, 0.15) is 5.82 Å². The van der Waals surface area contributed by atoms with Crippen LogP contribution in [0.15, 0.2) is 72.1 Å². The lowest BCUT2D eigenvalue weighted by Gasteiger charge is -2.10. The van der Waals surface area contributed by atoms with Gasteiger partial charge in [0.2, 0.25) is 0 Å². The van der Waals surface area contributed by atoms with Crippen LogP contribution in [-0.4, -0.2) is 36.2 Å². The summed E-state index contributed by atoms with van der Waals surface area (Å²) < 4.78 is 15.2. The maximum Gasteiger partial charge on any atom is 0.273 e. The molecule has 0 N–H and O–H groups in total. The van der Waals surface area contributed by atoms with Gasteiger partial charge in [0.25, 0.3) is 5.69 Å². The lowest BCUT2D eigenvalue weighted by atomic mass is 10.1. The number of aryl methyl sites for hydroxylation is 1. The van der Waals surface area contributed by atoms with E-state index in [-0.39, 0.29) is 28.6 Å². The zero-order valence-electron chi connectivity index (χ0n) is 16.8. The van der Waals surface area contributed by atoms with Crippen LogP contribution in [0, 0.1) is 22.9 Å². The second-order valence-electron chi connectivity index (χ2n) is 6.82. The van der Waals surface area contributed by atoms with Crippen LogP contribution in [-0.2, 0) is 0 Å². The molecule has 2 heterocycles. The largest absolute Gasteiger partial charge is 0.293 e. The van der Waals surface area contributed by atoms with E-state index in [2.05, 4.69) is 15.2 Å². The molecule has 0 bridgehead atoms. The summed E-state index contributed by atoms with van der Waals surface area (Å²) >= 11 is 1.14. The summed E-state index contributed by atoms with van der Waals surface area (Å²) in [5, 5.41) is 20.1. The number of nitrogens with zero attached hydrogens (tertiary/aromatic N) is 5. The van der Waals surface area contributed by atoms with Gasteiger partial charge >= 0.3 is 0 Å². The zero-order valence-corrected chi connectivity index (χ0v) is 17.6. The fraction of sp³-hybridized carbons (Fsp3) is 0.0909. The number of Topliss-reactive ketones (excluding diaryl/α,β-unsaturated/α-hetero) is 1. The Kier molecular flexibility index (Phi) is 6.04. The fourth-order valence-corrected chi connectivity index (χ4v) is 3.91. The summed E-state index contributed by atoms with van der Waals surface area (Å²) in [5.41, 5.74) is 2.01. The first-order valence-corrected chi connectivity index (χ1v) is 10.5. The molecule has 0 saturated carbocycles. The number of aromatic nitrogens is 4. The van der Waals surface area contributed by atoms with Gasteiger partial charge in [0, 0.05) is 40.8 Å². The van der Waals surface area contributed by atoms with Crippen molar-refractivity contribution in [3.8, 4) is 17.1 Å². The number of carbonyl (C=O) groups excluding carboxylic acids is 1. The number of hydrogen-bond acceptors (Lipinski definition) is 7. The minimum Gasteiger partial charge on any atom is -0.293 e. The highest BCUT2D eigenvalue weighted by Gasteiger charge is 2.19. The number of rotatable bonds is 7. The van der Waals surface area contributed by atoms with Crippen molar-refractivity contribution in [2.75, 3.05) is 5.75 Å². The Morgan fingerprint density at radius 2 is 1.81 bits per heavy atom. The van der Waals surface area contributed by atoms with E-state index in [4.69, 9.17) is 0 Å². The van der Waals surface area contributed by atoms with Crippen molar-refractivity contribution in [2.24, 2.45) is 0 Å². The summed E-state index contributed by atoms with van der Waals surface area (Å²) in [7, 11) is 0. The predicted octanol–water partition coefficient (Wildman–Crippen LogP) is 4.66. The molecule has 0 fully saturated rings. The molecule has 0 unspecified atom stereocenters. The van der Waals surface area contributed by atoms with Crippen molar-refractivity contribution >= 4 is 23.2 Å². The van der Waals surface area contributed by atoms with Gasteiger partial charge in [-0.15, -0.1) is 10.2 Å². The van der Waals surface area contributed by atoms with E-state index < -0.39 is 4.92 Å². The van der Waals surface area contributed by atoms with Gasteiger partial charge in [-0.1, -0.05) is 23.9 Å². The third-order valence-corrected chi connectivity index (χ3v) is 5.65. The molecule has 0 aliphatic carbocycles. The lowest BCUT2D eigenvalue weighted by molar-refractivity contribution is -0.385. The first-order valence-electron chi connectivity index (χ1n) is 9.47. The van der Waals surface area contributed by atoms with Crippen LogP contribution in [0.2, 0.25) is 0 Å². The van der Waals surface area contributed by atoms with E-state index in [0.717, 1.165) is 17.3 Å². The molecule has 0 amide bonds. The Balaban J connectivity index is 1.65. The molecule has 0 aliphatic rings. The van der Waals surface area contributed by atoms with E-state index in [1.807, 2.05) is 0 Å². The minimum absolute atomic E-state index is 0.00408. The standard InChI is InChI=1S/C22H16FN5O3S/c1-14-2-3-16(12-19(14)28(30)31)20(29)13-32-22-26-25-21(15-8-10-24-11-9-15)27(22)18-6-4-17(23)5-7-18/h2-12H,13H2,1H3. The van der Waals surface area contributed by atoms with Gasteiger partial charge < -0.3 is 0 Å². The molecule has 0 aliphatic heterocycles. The van der Waals surface area contributed by atoms with Crippen LogP contribution in [0.3, 0.4) is 0 Å². The predicted molar refractivity (Wildman–Crippen MR) is 117 cm³/mol. The first kappa shape index (κ1) is 21.3. The van der Waals surface area contributed by atoms with Gasteiger partial charge in [0.15, 0.2) is 16.8 Å². The van der Waals surface area contributed by atoms with Crippen molar-refractivity contribution in [1.29, 1.82) is 0 Å². The summed E-state index contributed by atoms with van der Waals surface area (Å²) in [5.74, 6) is -0.148. The summed E-state index contributed by atoms with van der Waals surface area (Å²) in [4.78, 5) is 27.4. The average molecular weight is 449 g/mol. The average Bonchev–Trinajstić information content (AvgIpc) is 3.22. The highest BCUT2D eigenvalue weighted by atomic mass is 32.2. The zero-order chi connectivity index (χ0) is 22.7. The van der Waals surface area contributed by atoms with Crippen molar-refractivity contribution in [1.82, 2.24) is 19.7 Å². The number of nitro groups is 1. The van der Waals surface area contributed by atoms with Crippen LogP contribution in [0.4, 0.5) is 10.1 Å². The number of thioether (sulfide) groups is 1. The van der Waals surface area contributed by atoms with Gasteiger partial charge in [-0.05, 0) is 43.3 Å². The number of pyridine rings is 1. The molecule has 2 aromatic carbocycles. The first-order chi connectivity index (χ1) is 15.4. The lowest BCUT2D eigenvalue weighted by Crippen LogP contribution is -2.06. The van der Waals surface area contributed by atoms with Gasteiger partial charge in [-0.25, -0.2) is 4.39 Å². The van der Waals surface area contributed by atoms with Crippen LogP contribution in [0.5, 0.6) is 0 Å².